The number of imidazole rings is 1. The molecule has 0 radical (unpaired) electrons. The van der Waals surface area contributed by atoms with Crippen LogP contribution in [0.5, 0.6) is 0 Å². The smallest absolute Gasteiger partial charge is 0.127 e. The van der Waals surface area contributed by atoms with Crippen molar-refractivity contribution in [3.63, 3.8) is 0 Å². The van der Waals surface area contributed by atoms with E-state index in [0.29, 0.717) is 5.41 Å². The summed E-state index contributed by atoms with van der Waals surface area (Å²) in [5, 5.41) is 0. The van der Waals surface area contributed by atoms with E-state index >= 15 is 0 Å². The lowest BCUT2D eigenvalue weighted by Gasteiger charge is -2.40. The van der Waals surface area contributed by atoms with E-state index in [-0.39, 0.29) is 5.82 Å². The molecule has 1 atom stereocenters. The summed E-state index contributed by atoms with van der Waals surface area (Å²) in [5.74, 6) is 0.995. The second-order valence-electron chi connectivity index (χ2n) is 8.22. The molecule has 4 nitrogen and oxygen atoms in total. The predicted molar refractivity (Wildman–Crippen MR) is 101 cm³/mol. The molecule has 5 heteroatoms. The largest absolute Gasteiger partial charge is 0.334 e. The highest BCUT2D eigenvalue weighted by Gasteiger charge is 2.41. The number of nitrogens with zero attached hydrogens (tertiary/aromatic N) is 4. The van der Waals surface area contributed by atoms with Gasteiger partial charge in [-0.2, -0.15) is 0 Å². The van der Waals surface area contributed by atoms with Crippen LogP contribution in [-0.2, 0) is 20.1 Å². The second kappa shape index (κ2) is 7.12. The van der Waals surface area contributed by atoms with Gasteiger partial charge in [-0.1, -0.05) is 18.2 Å². The lowest BCUT2D eigenvalue weighted by molar-refractivity contribution is 0.0855. The van der Waals surface area contributed by atoms with E-state index in [2.05, 4.69) is 33.3 Å². The van der Waals surface area contributed by atoms with E-state index in [1.54, 1.807) is 12.1 Å². The molecule has 0 bridgehead atoms. The first-order valence-corrected chi connectivity index (χ1v) is 9.70. The fourth-order valence-electron chi connectivity index (χ4n) is 4.73. The van der Waals surface area contributed by atoms with Crippen LogP contribution in [0.1, 0.15) is 36.3 Å². The lowest BCUT2D eigenvalue weighted by atomic mass is 9.79. The number of piperidine rings is 1. The van der Waals surface area contributed by atoms with Gasteiger partial charge in [-0.25, -0.2) is 9.37 Å². The Morgan fingerprint density at radius 3 is 2.58 bits per heavy atom. The monoisotopic (exact) mass is 356 g/mol. The fraction of sp³-hybridized carbons (Fsp3) is 0.571. The van der Waals surface area contributed by atoms with Gasteiger partial charge in [0, 0.05) is 45.0 Å². The summed E-state index contributed by atoms with van der Waals surface area (Å²) < 4.78 is 16.2. The van der Waals surface area contributed by atoms with E-state index in [9.17, 15) is 4.39 Å². The number of halogens is 1. The molecule has 2 aromatic rings. The molecular formula is C21H29FN4. The molecule has 0 N–H and O–H groups in total. The summed E-state index contributed by atoms with van der Waals surface area (Å²) in [7, 11) is 2.10. The minimum absolute atomic E-state index is 0.0771. The van der Waals surface area contributed by atoms with Gasteiger partial charge in [0.05, 0.1) is 5.69 Å². The van der Waals surface area contributed by atoms with Gasteiger partial charge < -0.3 is 4.57 Å². The van der Waals surface area contributed by atoms with Crippen LogP contribution in [0, 0.1) is 18.2 Å². The zero-order valence-corrected chi connectivity index (χ0v) is 15.9. The van der Waals surface area contributed by atoms with E-state index in [1.165, 1.54) is 25.0 Å². The Morgan fingerprint density at radius 2 is 1.85 bits per heavy atom. The van der Waals surface area contributed by atoms with Crippen LogP contribution in [-0.4, -0.2) is 45.5 Å². The van der Waals surface area contributed by atoms with Crippen LogP contribution in [0.4, 0.5) is 4.39 Å². The first-order valence-electron chi connectivity index (χ1n) is 9.70. The summed E-state index contributed by atoms with van der Waals surface area (Å²) in [6.07, 6.45) is 5.76. The maximum atomic E-state index is 14.0. The molecule has 2 saturated heterocycles. The van der Waals surface area contributed by atoms with Crippen LogP contribution in [0.3, 0.4) is 0 Å². The van der Waals surface area contributed by atoms with E-state index in [1.807, 2.05) is 18.3 Å². The maximum Gasteiger partial charge on any atom is 0.127 e. The van der Waals surface area contributed by atoms with Gasteiger partial charge in [-0.15, -0.1) is 0 Å². The average molecular weight is 356 g/mol. The SMILES string of the molecule is Cc1ncc(CN2CCC3(CCCN(Cc4ccccc4F)C3)C2)n1C. The summed E-state index contributed by atoms with van der Waals surface area (Å²) >= 11 is 0. The standard InChI is InChI=1S/C21H29FN4/c1-17-23-12-19(24(17)2)14-26-11-9-21(16-26)8-5-10-25(15-21)13-18-6-3-4-7-20(18)22/h3-4,6-7,12H,5,8-11,13-16H2,1-2H3. The van der Waals surface area contributed by atoms with Crippen LogP contribution >= 0.6 is 0 Å². The highest BCUT2D eigenvalue weighted by Crippen LogP contribution is 2.39. The number of benzene rings is 1. The van der Waals surface area contributed by atoms with E-state index < -0.39 is 0 Å². The third-order valence-corrected chi connectivity index (χ3v) is 6.31. The van der Waals surface area contributed by atoms with E-state index in [0.717, 1.165) is 50.7 Å². The highest BCUT2D eigenvalue weighted by atomic mass is 19.1. The molecule has 1 spiro atoms. The van der Waals surface area contributed by atoms with Gasteiger partial charge >= 0.3 is 0 Å². The molecule has 2 aliphatic rings. The van der Waals surface area contributed by atoms with Crippen molar-refractivity contribution in [1.82, 2.24) is 19.4 Å². The Hall–Kier alpha value is -1.72. The molecule has 1 aromatic heterocycles. The molecule has 0 saturated carbocycles. The van der Waals surface area contributed by atoms with Crippen molar-refractivity contribution in [2.75, 3.05) is 26.2 Å². The molecule has 0 aliphatic carbocycles. The van der Waals surface area contributed by atoms with Crippen LogP contribution in [0.25, 0.3) is 0 Å². The predicted octanol–water partition coefficient (Wildman–Crippen LogP) is 3.36. The number of aromatic nitrogens is 2. The van der Waals surface area contributed by atoms with Crippen molar-refractivity contribution in [3.05, 3.63) is 53.4 Å². The van der Waals surface area contributed by atoms with Gasteiger partial charge in [0.2, 0.25) is 0 Å². The quantitative estimate of drug-likeness (QED) is 0.840. The average Bonchev–Trinajstić information content (AvgIpc) is 3.15. The summed E-state index contributed by atoms with van der Waals surface area (Å²) in [4.78, 5) is 9.45. The molecule has 2 fully saturated rings. The summed E-state index contributed by atoms with van der Waals surface area (Å²) in [5.41, 5.74) is 2.49. The third-order valence-electron chi connectivity index (χ3n) is 6.31. The van der Waals surface area contributed by atoms with E-state index in [4.69, 9.17) is 0 Å². The van der Waals surface area contributed by atoms with Crippen molar-refractivity contribution in [2.24, 2.45) is 12.5 Å². The maximum absolute atomic E-state index is 14.0. The summed E-state index contributed by atoms with van der Waals surface area (Å²) in [6.45, 7) is 8.22. The third kappa shape index (κ3) is 3.55. The van der Waals surface area contributed by atoms with Gasteiger partial charge in [0.15, 0.2) is 0 Å². The fourth-order valence-corrected chi connectivity index (χ4v) is 4.73. The number of rotatable bonds is 4. The number of hydrogen-bond donors (Lipinski definition) is 0. The van der Waals surface area contributed by atoms with Gasteiger partial charge in [-0.05, 0) is 50.8 Å². The molecule has 0 amide bonds. The van der Waals surface area contributed by atoms with Gasteiger partial charge in [-0.3, -0.25) is 9.80 Å². The topological polar surface area (TPSA) is 24.3 Å². The second-order valence-corrected chi connectivity index (χ2v) is 8.22. The Bertz CT molecular complexity index is 771. The van der Waals surface area contributed by atoms with Crippen molar-refractivity contribution < 1.29 is 4.39 Å². The Kier molecular flexibility index (Phi) is 4.84. The highest BCUT2D eigenvalue weighted by molar-refractivity contribution is 5.17. The number of hydrogen-bond acceptors (Lipinski definition) is 3. The minimum Gasteiger partial charge on any atom is -0.334 e. The molecule has 140 valence electrons. The molecule has 2 aliphatic heterocycles. The van der Waals surface area contributed by atoms with Crippen LogP contribution in [0.15, 0.2) is 30.5 Å². The first-order chi connectivity index (χ1) is 12.5. The Balaban J connectivity index is 1.39. The number of likely N-dealkylation sites (tertiary alicyclic amines) is 2. The summed E-state index contributed by atoms with van der Waals surface area (Å²) in [6, 6.07) is 7.20. The van der Waals surface area contributed by atoms with Crippen molar-refractivity contribution >= 4 is 0 Å². The van der Waals surface area contributed by atoms with Gasteiger partial charge in [0.1, 0.15) is 11.6 Å². The van der Waals surface area contributed by atoms with Gasteiger partial charge in [0.25, 0.3) is 0 Å². The molecule has 1 aromatic carbocycles. The lowest BCUT2D eigenvalue weighted by Crippen LogP contribution is -2.44. The first kappa shape index (κ1) is 17.7. The molecular weight excluding hydrogens is 327 g/mol. The van der Waals surface area contributed by atoms with Crippen LogP contribution in [0.2, 0.25) is 0 Å². The minimum atomic E-state index is -0.0771. The Labute approximate surface area is 155 Å². The zero-order chi connectivity index (χ0) is 18.1. The normalized spacial score (nSPS) is 24.6. The molecule has 4 rings (SSSR count). The molecule has 1 unspecified atom stereocenters. The zero-order valence-electron chi connectivity index (χ0n) is 15.9. The Morgan fingerprint density at radius 1 is 1.08 bits per heavy atom. The van der Waals surface area contributed by atoms with Crippen molar-refractivity contribution in [1.29, 1.82) is 0 Å². The van der Waals surface area contributed by atoms with Crippen LogP contribution < -0.4 is 0 Å². The number of aryl methyl sites for hydroxylation is 1. The van der Waals surface area contributed by atoms with Crippen molar-refractivity contribution in [2.45, 2.75) is 39.3 Å². The molecule has 3 heterocycles. The molecule has 26 heavy (non-hydrogen) atoms. The van der Waals surface area contributed by atoms with Crippen molar-refractivity contribution in [3.8, 4) is 0 Å².